The highest BCUT2D eigenvalue weighted by molar-refractivity contribution is 6.31. The van der Waals surface area contributed by atoms with Crippen molar-refractivity contribution in [2.45, 2.75) is 69.4 Å². The van der Waals surface area contributed by atoms with Crippen LogP contribution in [0.1, 0.15) is 75.8 Å². The Labute approximate surface area is 273 Å². The molecule has 0 radical (unpaired) electrons. The van der Waals surface area contributed by atoms with Gasteiger partial charge in [-0.05, 0) is 44.2 Å². The van der Waals surface area contributed by atoms with Crippen molar-refractivity contribution in [2.24, 2.45) is 0 Å². The Balaban J connectivity index is 1.35. The Bertz CT molecular complexity index is 1840. The van der Waals surface area contributed by atoms with Gasteiger partial charge in [-0.1, -0.05) is 12.1 Å². The number of carbonyl (C=O) groups excluding carboxylic acids is 4. The fourth-order valence-electron chi connectivity index (χ4n) is 6.65. The predicted molar refractivity (Wildman–Crippen MR) is 166 cm³/mol. The molecule has 1 saturated heterocycles. The lowest BCUT2D eigenvalue weighted by Crippen LogP contribution is -2.56. The van der Waals surface area contributed by atoms with Crippen LogP contribution in [0.4, 0.5) is 10.5 Å². The monoisotopic (exact) mass is 662 g/mol. The zero-order valence-electron chi connectivity index (χ0n) is 26.1. The molecule has 14 heteroatoms. The number of hydrogen-bond acceptors (Lipinski definition) is 12. The number of rotatable bonds is 6. The third-order valence-corrected chi connectivity index (χ3v) is 9.19. The summed E-state index contributed by atoms with van der Waals surface area (Å²) in [4.78, 5) is 53.0. The molecule has 0 saturated carbocycles. The van der Waals surface area contributed by atoms with E-state index in [2.05, 4.69) is 10.6 Å². The summed E-state index contributed by atoms with van der Waals surface area (Å²) < 4.78 is 17.4. The predicted octanol–water partition coefficient (Wildman–Crippen LogP) is 2.60. The lowest BCUT2D eigenvalue weighted by molar-refractivity contribution is -0.248. The van der Waals surface area contributed by atoms with Gasteiger partial charge in [-0.15, -0.1) is 0 Å². The number of carbonyl (C=O) groups is 4. The van der Waals surface area contributed by atoms with Crippen molar-refractivity contribution in [3.8, 4) is 23.0 Å². The van der Waals surface area contributed by atoms with Crippen molar-refractivity contribution in [1.82, 2.24) is 5.32 Å². The van der Waals surface area contributed by atoms with E-state index >= 15 is 0 Å². The van der Waals surface area contributed by atoms with Gasteiger partial charge in [0.1, 0.15) is 34.7 Å². The Morgan fingerprint density at radius 2 is 1.67 bits per heavy atom. The first-order valence-electron chi connectivity index (χ1n) is 15.2. The lowest BCUT2D eigenvalue weighted by Gasteiger charge is -2.42. The Morgan fingerprint density at radius 1 is 0.979 bits per heavy atom. The molecular formula is C34H34N2O12. The van der Waals surface area contributed by atoms with Crippen molar-refractivity contribution >= 4 is 29.1 Å². The summed E-state index contributed by atoms with van der Waals surface area (Å²) in [6, 6.07) is 8.52. The second kappa shape index (κ2) is 12.2. The number of hydrogen-bond donors (Lipinski definition) is 7. The highest BCUT2D eigenvalue weighted by Gasteiger charge is 2.49. The zero-order chi connectivity index (χ0) is 34.7. The van der Waals surface area contributed by atoms with Gasteiger partial charge in [0, 0.05) is 41.6 Å². The third kappa shape index (κ3) is 5.52. The van der Waals surface area contributed by atoms with Crippen molar-refractivity contribution in [1.29, 1.82) is 0 Å². The summed E-state index contributed by atoms with van der Waals surface area (Å²) in [5, 5.41) is 60.2. The number of amides is 2. The Morgan fingerprint density at radius 3 is 2.33 bits per heavy atom. The number of nitrogens with one attached hydrogen (secondary N) is 2. The number of urea groups is 1. The number of ketones is 3. The van der Waals surface area contributed by atoms with Crippen molar-refractivity contribution < 1.29 is 58.9 Å². The van der Waals surface area contributed by atoms with Gasteiger partial charge in [0.05, 0.1) is 42.0 Å². The molecule has 2 aliphatic carbocycles. The maximum Gasteiger partial charge on any atom is 0.319 e. The molecule has 7 N–H and O–H groups in total. The maximum atomic E-state index is 13.8. The number of benzene rings is 3. The van der Waals surface area contributed by atoms with E-state index in [1.165, 1.54) is 49.6 Å². The van der Waals surface area contributed by atoms with Crippen LogP contribution in [0.15, 0.2) is 42.5 Å². The van der Waals surface area contributed by atoms with Crippen LogP contribution in [0.3, 0.4) is 0 Å². The maximum absolute atomic E-state index is 13.8. The second-order valence-electron chi connectivity index (χ2n) is 12.2. The average molecular weight is 663 g/mol. The Hall–Kier alpha value is -5.02. The molecule has 1 aliphatic heterocycles. The number of ether oxygens (including phenoxy) is 3. The topological polar surface area (TPSA) is 221 Å². The number of Topliss-reactive ketones (excluding diaryl/α,β-unsaturated/α-hetero) is 1. The minimum atomic E-state index is -2.10. The highest BCUT2D eigenvalue weighted by atomic mass is 16.7. The van der Waals surface area contributed by atoms with Gasteiger partial charge in [-0.2, -0.15) is 0 Å². The van der Waals surface area contributed by atoms with Crippen LogP contribution < -0.4 is 15.4 Å². The van der Waals surface area contributed by atoms with Crippen LogP contribution in [0.2, 0.25) is 0 Å². The number of phenols is 3. The molecule has 2 amide bonds. The van der Waals surface area contributed by atoms with Crippen LogP contribution in [0.5, 0.6) is 23.0 Å². The van der Waals surface area contributed by atoms with Gasteiger partial charge >= 0.3 is 6.03 Å². The summed E-state index contributed by atoms with van der Waals surface area (Å²) in [6.07, 6.45) is -5.64. The largest absolute Gasteiger partial charge is 0.508 e. The molecule has 1 heterocycles. The second-order valence-corrected chi connectivity index (χ2v) is 12.2. The fraction of sp³-hybridized carbons (Fsp3) is 0.353. The Kier molecular flexibility index (Phi) is 8.37. The molecule has 6 atom stereocenters. The van der Waals surface area contributed by atoms with Crippen molar-refractivity contribution in [3.63, 3.8) is 0 Å². The SMILES string of the molecule is COc1cccc2c1C(=O)c1c(O)c3c(c(O)c1C2=O)C[C@@](O)(C(C)=O)C[C@@H]3OC1CC(NC(=O)Nc2ccc(O)cc2)C(O)C(C)O1. The summed E-state index contributed by atoms with van der Waals surface area (Å²) >= 11 is 0. The molecule has 252 valence electrons. The number of methoxy groups -OCH3 is 1. The van der Waals surface area contributed by atoms with E-state index in [0.717, 1.165) is 6.92 Å². The van der Waals surface area contributed by atoms with Crippen molar-refractivity contribution in [3.05, 3.63) is 75.8 Å². The third-order valence-electron chi connectivity index (χ3n) is 9.19. The van der Waals surface area contributed by atoms with E-state index < -0.39 is 95.1 Å². The number of fused-ring (bicyclic) bond motifs is 3. The quantitative estimate of drug-likeness (QED) is 0.148. The van der Waals surface area contributed by atoms with Crippen LogP contribution >= 0.6 is 0 Å². The fourth-order valence-corrected chi connectivity index (χ4v) is 6.65. The van der Waals surface area contributed by atoms with Crippen LogP contribution in [-0.2, 0) is 20.7 Å². The highest BCUT2D eigenvalue weighted by Crippen LogP contribution is 2.52. The number of aliphatic hydroxyl groups is 2. The minimum Gasteiger partial charge on any atom is -0.508 e. The first-order chi connectivity index (χ1) is 22.7. The van der Waals surface area contributed by atoms with Crippen LogP contribution in [-0.4, -0.2) is 86.2 Å². The molecule has 4 unspecified atom stereocenters. The number of anilines is 1. The molecule has 3 aromatic carbocycles. The molecular weight excluding hydrogens is 628 g/mol. The van der Waals surface area contributed by atoms with E-state index in [1.54, 1.807) is 6.92 Å². The molecule has 0 aromatic heterocycles. The van der Waals surface area contributed by atoms with Gasteiger partial charge in [0.2, 0.25) is 5.78 Å². The van der Waals surface area contributed by atoms with E-state index in [9.17, 15) is 44.7 Å². The molecule has 6 rings (SSSR count). The summed E-state index contributed by atoms with van der Waals surface area (Å²) in [6.45, 7) is 2.69. The lowest BCUT2D eigenvalue weighted by atomic mass is 9.72. The normalized spacial score (nSPS) is 26.1. The number of aromatic hydroxyl groups is 3. The molecule has 3 aromatic rings. The summed E-state index contributed by atoms with van der Waals surface area (Å²) in [5.74, 6) is -3.48. The van der Waals surface area contributed by atoms with E-state index in [-0.39, 0.29) is 40.2 Å². The van der Waals surface area contributed by atoms with E-state index in [1.807, 2.05) is 0 Å². The van der Waals surface area contributed by atoms with E-state index in [4.69, 9.17) is 14.2 Å². The average Bonchev–Trinajstić information content (AvgIpc) is 3.04. The van der Waals surface area contributed by atoms with E-state index in [0.29, 0.717) is 5.69 Å². The van der Waals surface area contributed by atoms with Crippen molar-refractivity contribution in [2.75, 3.05) is 12.4 Å². The standard InChI is InChI=1S/C34H34N2O12/c1-14-28(39)20(36-33(44)35-16-7-9-17(38)10-8-16)11-23(47-14)48-22-13-34(45,15(2)37)12-19-25(22)32(43)27-26(30(19)41)29(40)18-5-4-6-21(46-3)24(18)31(27)42/h4-10,14,20,22-23,28,38-39,41,43,45H,11-13H2,1-3H3,(H2,35,36,44)/t14?,20?,22-,23?,28?,34-/m0/s1. The molecule has 48 heavy (non-hydrogen) atoms. The van der Waals surface area contributed by atoms with Gasteiger partial charge in [0.25, 0.3) is 0 Å². The van der Waals surface area contributed by atoms with Gasteiger partial charge < -0.3 is 50.4 Å². The zero-order valence-corrected chi connectivity index (χ0v) is 26.1. The van der Waals surface area contributed by atoms with Gasteiger partial charge in [-0.3, -0.25) is 14.4 Å². The molecule has 1 fully saturated rings. The molecule has 0 spiro atoms. The molecule has 0 bridgehead atoms. The van der Waals surface area contributed by atoms with Crippen LogP contribution in [0.25, 0.3) is 0 Å². The number of aliphatic hydroxyl groups excluding tert-OH is 1. The first-order valence-corrected chi connectivity index (χ1v) is 15.2. The number of phenolic OH excluding ortho intramolecular Hbond substituents is 3. The minimum absolute atomic E-state index is 0.0101. The van der Waals surface area contributed by atoms with Crippen LogP contribution in [0, 0.1) is 0 Å². The van der Waals surface area contributed by atoms with Gasteiger partial charge in [-0.25, -0.2) is 4.79 Å². The molecule has 3 aliphatic rings. The first kappa shape index (κ1) is 32.9. The summed E-state index contributed by atoms with van der Waals surface area (Å²) in [7, 11) is 1.32. The summed E-state index contributed by atoms with van der Waals surface area (Å²) in [5.41, 5.74) is -3.09. The molecule has 14 nitrogen and oxygen atoms in total. The smallest absolute Gasteiger partial charge is 0.319 e. The van der Waals surface area contributed by atoms with Gasteiger partial charge in [0.15, 0.2) is 17.9 Å².